The zero-order valence-corrected chi connectivity index (χ0v) is 15.6. The number of hydrogen-bond acceptors (Lipinski definition) is 2. The Hall–Kier alpha value is -2.88. The number of carbonyl (C=O) groups is 1. The van der Waals surface area contributed by atoms with E-state index in [-0.39, 0.29) is 11.9 Å². The second-order valence-corrected chi connectivity index (χ2v) is 6.74. The van der Waals surface area contributed by atoms with Crippen LogP contribution in [0.2, 0.25) is 0 Å². The molecule has 4 nitrogen and oxygen atoms in total. The quantitative estimate of drug-likeness (QED) is 0.736. The predicted octanol–water partition coefficient (Wildman–Crippen LogP) is 3.88. The lowest BCUT2D eigenvalue weighted by Crippen LogP contribution is -2.31. The molecule has 1 aromatic heterocycles. The lowest BCUT2D eigenvalue weighted by atomic mass is 10.0. The van der Waals surface area contributed by atoms with Crippen LogP contribution in [0.5, 0.6) is 0 Å². The average Bonchev–Trinajstić information content (AvgIpc) is 3.05. The van der Waals surface area contributed by atoms with Crippen molar-refractivity contribution in [3.05, 3.63) is 89.0 Å². The molecule has 0 radical (unpaired) electrons. The number of amides is 1. The van der Waals surface area contributed by atoms with E-state index in [0.717, 1.165) is 17.8 Å². The summed E-state index contributed by atoms with van der Waals surface area (Å²) in [4.78, 5) is 17.1. The van der Waals surface area contributed by atoms with Crippen molar-refractivity contribution < 1.29 is 4.79 Å². The van der Waals surface area contributed by atoms with Gasteiger partial charge in [0.25, 0.3) is 0 Å². The number of aromatic nitrogens is 2. The van der Waals surface area contributed by atoms with Crippen LogP contribution >= 0.6 is 0 Å². The molecule has 26 heavy (non-hydrogen) atoms. The van der Waals surface area contributed by atoms with Gasteiger partial charge in [0, 0.05) is 25.9 Å². The number of nitrogens with zero attached hydrogens (tertiary/aromatic N) is 2. The smallest absolute Gasteiger partial charge is 0.221 e. The van der Waals surface area contributed by atoms with Crippen LogP contribution in [0.15, 0.2) is 60.9 Å². The molecule has 0 spiro atoms. The monoisotopic (exact) mass is 347 g/mol. The molecule has 1 unspecified atom stereocenters. The third-order valence-corrected chi connectivity index (χ3v) is 4.67. The molecule has 4 heteroatoms. The maximum absolute atomic E-state index is 12.6. The number of rotatable bonds is 6. The van der Waals surface area contributed by atoms with Crippen molar-refractivity contribution >= 4 is 5.91 Å². The van der Waals surface area contributed by atoms with Crippen LogP contribution in [0.4, 0.5) is 0 Å². The second kappa shape index (κ2) is 8.00. The fourth-order valence-electron chi connectivity index (χ4n) is 3.21. The van der Waals surface area contributed by atoms with Gasteiger partial charge in [-0.3, -0.25) is 4.79 Å². The normalized spacial score (nSPS) is 12.0. The highest BCUT2D eigenvalue weighted by Crippen LogP contribution is 2.20. The number of aryl methyl sites for hydroxylation is 4. The molecule has 2 aromatic carbocycles. The molecular formula is C22H25N3O. The Labute approximate surface area is 154 Å². The highest BCUT2D eigenvalue weighted by molar-refractivity contribution is 5.77. The van der Waals surface area contributed by atoms with E-state index in [1.807, 2.05) is 48.1 Å². The summed E-state index contributed by atoms with van der Waals surface area (Å²) in [7, 11) is 1.94. The summed E-state index contributed by atoms with van der Waals surface area (Å²) >= 11 is 0. The van der Waals surface area contributed by atoms with Gasteiger partial charge in [-0.15, -0.1) is 0 Å². The van der Waals surface area contributed by atoms with E-state index in [2.05, 4.69) is 42.3 Å². The predicted molar refractivity (Wildman–Crippen MR) is 104 cm³/mol. The van der Waals surface area contributed by atoms with Crippen LogP contribution in [-0.2, 0) is 18.3 Å². The largest absolute Gasteiger partial charge is 0.342 e. The molecule has 3 aromatic rings. The van der Waals surface area contributed by atoms with Gasteiger partial charge in [0.2, 0.25) is 5.91 Å². The van der Waals surface area contributed by atoms with Crippen LogP contribution in [0, 0.1) is 13.8 Å². The van der Waals surface area contributed by atoms with Crippen LogP contribution in [0.25, 0.3) is 0 Å². The minimum absolute atomic E-state index is 0.0295. The maximum atomic E-state index is 12.6. The van der Waals surface area contributed by atoms with Gasteiger partial charge in [-0.1, -0.05) is 54.1 Å². The molecule has 0 fully saturated rings. The molecule has 0 aliphatic carbocycles. The third kappa shape index (κ3) is 4.20. The van der Waals surface area contributed by atoms with E-state index in [0.29, 0.717) is 6.42 Å². The molecule has 0 bridgehead atoms. The maximum Gasteiger partial charge on any atom is 0.221 e. The number of imidazole rings is 1. The molecule has 0 saturated carbocycles. The molecule has 0 aliphatic heterocycles. The zero-order valence-electron chi connectivity index (χ0n) is 15.6. The van der Waals surface area contributed by atoms with Crippen molar-refractivity contribution in [2.45, 2.75) is 32.7 Å². The van der Waals surface area contributed by atoms with Crippen LogP contribution in [0.1, 0.15) is 40.5 Å². The van der Waals surface area contributed by atoms with Gasteiger partial charge in [0.05, 0.1) is 0 Å². The Morgan fingerprint density at radius 3 is 2.58 bits per heavy atom. The van der Waals surface area contributed by atoms with E-state index in [9.17, 15) is 4.79 Å². The first-order chi connectivity index (χ1) is 12.5. The Morgan fingerprint density at radius 1 is 1.15 bits per heavy atom. The number of benzene rings is 2. The molecule has 3 rings (SSSR count). The fraction of sp³-hybridized carbons (Fsp3) is 0.273. The molecule has 0 aliphatic rings. The molecule has 134 valence electrons. The summed E-state index contributed by atoms with van der Waals surface area (Å²) in [6, 6.07) is 16.1. The van der Waals surface area contributed by atoms with Gasteiger partial charge in [-0.2, -0.15) is 0 Å². The molecule has 1 heterocycles. The van der Waals surface area contributed by atoms with Gasteiger partial charge in [-0.25, -0.2) is 4.98 Å². The highest BCUT2D eigenvalue weighted by atomic mass is 16.1. The van der Waals surface area contributed by atoms with Crippen LogP contribution in [0.3, 0.4) is 0 Å². The van der Waals surface area contributed by atoms with Crippen molar-refractivity contribution in [3.8, 4) is 0 Å². The van der Waals surface area contributed by atoms with Gasteiger partial charge < -0.3 is 9.88 Å². The number of carbonyl (C=O) groups excluding carboxylic acids is 1. The summed E-state index contributed by atoms with van der Waals surface area (Å²) in [5, 5.41) is 3.16. The summed E-state index contributed by atoms with van der Waals surface area (Å²) in [5.74, 6) is 0.859. The first-order valence-electron chi connectivity index (χ1n) is 8.92. The minimum Gasteiger partial charge on any atom is -0.342 e. The number of nitrogens with one attached hydrogen (secondary N) is 1. The Morgan fingerprint density at radius 2 is 1.92 bits per heavy atom. The van der Waals surface area contributed by atoms with Crippen molar-refractivity contribution in [2.24, 2.45) is 7.05 Å². The second-order valence-electron chi connectivity index (χ2n) is 6.74. The third-order valence-electron chi connectivity index (χ3n) is 4.67. The Bertz CT molecular complexity index is 883. The average molecular weight is 347 g/mol. The van der Waals surface area contributed by atoms with Crippen molar-refractivity contribution in [1.82, 2.24) is 14.9 Å². The van der Waals surface area contributed by atoms with E-state index < -0.39 is 0 Å². The lowest BCUT2D eigenvalue weighted by molar-refractivity contribution is -0.121. The van der Waals surface area contributed by atoms with E-state index >= 15 is 0 Å². The minimum atomic E-state index is -0.247. The first kappa shape index (κ1) is 17.9. The molecular weight excluding hydrogens is 322 g/mol. The highest BCUT2D eigenvalue weighted by Gasteiger charge is 2.20. The first-order valence-corrected chi connectivity index (χ1v) is 8.92. The molecule has 1 atom stereocenters. The van der Waals surface area contributed by atoms with Gasteiger partial charge in [0.15, 0.2) is 0 Å². The Balaban J connectivity index is 1.72. The molecule has 0 saturated heterocycles. The van der Waals surface area contributed by atoms with Gasteiger partial charge >= 0.3 is 0 Å². The van der Waals surface area contributed by atoms with E-state index in [1.54, 1.807) is 6.20 Å². The summed E-state index contributed by atoms with van der Waals surface area (Å²) in [6.45, 7) is 4.18. The standard InChI is InChI=1S/C22H25N3O/c1-16-9-10-18(17(2)15-16)11-12-20(26)24-21(19-7-5-4-6-8-19)22-23-13-14-25(22)3/h4-10,13-15,21H,11-12H2,1-3H3,(H,24,26). The van der Waals surface area contributed by atoms with E-state index in [4.69, 9.17) is 0 Å². The van der Waals surface area contributed by atoms with Crippen molar-refractivity contribution in [3.63, 3.8) is 0 Å². The van der Waals surface area contributed by atoms with Crippen LogP contribution < -0.4 is 5.32 Å². The summed E-state index contributed by atoms with van der Waals surface area (Å²) < 4.78 is 1.95. The van der Waals surface area contributed by atoms with Crippen LogP contribution in [-0.4, -0.2) is 15.5 Å². The summed E-state index contributed by atoms with van der Waals surface area (Å²) in [6.07, 6.45) is 4.85. The number of hydrogen-bond donors (Lipinski definition) is 1. The van der Waals surface area contributed by atoms with Gasteiger partial charge in [-0.05, 0) is 37.0 Å². The lowest BCUT2D eigenvalue weighted by Gasteiger charge is -2.19. The topological polar surface area (TPSA) is 46.9 Å². The zero-order chi connectivity index (χ0) is 18.5. The SMILES string of the molecule is Cc1ccc(CCC(=O)NC(c2ccccc2)c2nccn2C)c(C)c1. The molecule has 1 amide bonds. The summed E-state index contributed by atoms with van der Waals surface area (Å²) in [5.41, 5.74) is 4.73. The fourth-order valence-corrected chi connectivity index (χ4v) is 3.21. The Kier molecular flexibility index (Phi) is 5.52. The van der Waals surface area contributed by atoms with Gasteiger partial charge in [0.1, 0.15) is 11.9 Å². The van der Waals surface area contributed by atoms with E-state index in [1.165, 1.54) is 16.7 Å². The molecule has 1 N–H and O–H groups in total. The van der Waals surface area contributed by atoms with Crippen molar-refractivity contribution in [1.29, 1.82) is 0 Å². The van der Waals surface area contributed by atoms with Crippen molar-refractivity contribution in [2.75, 3.05) is 0 Å².